The summed E-state index contributed by atoms with van der Waals surface area (Å²) in [6.45, 7) is 5.05. The van der Waals surface area contributed by atoms with Gasteiger partial charge in [-0.2, -0.15) is 0 Å². The van der Waals surface area contributed by atoms with E-state index >= 15 is 0 Å². The highest BCUT2D eigenvalue weighted by molar-refractivity contribution is 5.23. The fourth-order valence-corrected chi connectivity index (χ4v) is 8.23. The molecular weight excluding hydrogens is 641 g/mol. The summed E-state index contributed by atoms with van der Waals surface area (Å²) in [5.41, 5.74) is 7.12. The monoisotopic (exact) mass is 694 g/mol. The minimum absolute atomic E-state index is 0.422. The average molecular weight is 695 g/mol. The fourth-order valence-electron chi connectivity index (χ4n) is 8.23. The van der Waals surface area contributed by atoms with Crippen molar-refractivity contribution < 1.29 is 0 Å². The first-order chi connectivity index (χ1) is 25.8. The summed E-state index contributed by atoms with van der Waals surface area (Å²) in [7, 11) is 0. The molecule has 2 N–H and O–H groups in total. The maximum Gasteiger partial charge on any atom is 0.0544 e. The zero-order valence-electron chi connectivity index (χ0n) is 30.4. The third kappa shape index (κ3) is 10.4. The van der Waals surface area contributed by atoms with Crippen LogP contribution in [0.3, 0.4) is 0 Å². The van der Waals surface area contributed by atoms with Crippen LogP contribution in [0, 0.1) is 0 Å². The molecule has 7 rings (SSSR count). The van der Waals surface area contributed by atoms with Gasteiger partial charge in [0.25, 0.3) is 0 Å². The van der Waals surface area contributed by atoms with Gasteiger partial charge in [-0.05, 0) is 85.3 Å². The van der Waals surface area contributed by atoms with Crippen molar-refractivity contribution in [2.45, 2.75) is 115 Å². The lowest BCUT2D eigenvalue weighted by atomic mass is 9.88. The number of pyridine rings is 4. The first kappa shape index (κ1) is 36.0. The molecule has 270 valence electrons. The Morgan fingerprint density at radius 3 is 1.06 bits per heavy atom. The number of hydrogen-bond donors (Lipinski definition) is 2. The van der Waals surface area contributed by atoms with Crippen LogP contribution in [0.25, 0.3) is 0 Å². The number of benzene rings is 1. The molecule has 8 heteroatoms. The van der Waals surface area contributed by atoms with Crippen LogP contribution in [0.2, 0.25) is 0 Å². The third-order valence-corrected chi connectivity index (χ3v) is 10.9. The first-order valence-electron chi connectivity index (χ1n) is 19.4. The van der Waals surface area contributed by atoms with Crippen molar-refractivity contribution in [2.24, 2.45) is 0 Å². The molecule has 0 saturated heterocycles. The van der Waals surface area contributed by atoms with Crippen LogP contribution in [0.5, 0.6) is 0 Å². The quantitative estimate of drug-likeness (QED) is 0.110. The van der Waals surface area contributed by atoms with Gasteiger partial charge < -0.3 is 10.6 Å². The summed E-state index contributed by atoms with van der Waals surface area (Å²) in [6.07, 6.45) is 17.4. The van der Waals surface area contributed by atoms with E-state index in [2.05, 4.69) is 113 Å². The molecule has 0 radical (unpaired) electrons. The van der Waals surface area contributed by atoms with Gasteiger partial charge in [-0.1, -0.05) is 74.2 Å². The van der Waals surface area contributed by atoms with Gasteiger partial charge in [0.1, 0.15) is 0 Å². The van der Waals surface area contributed by atoms with Crippen molar-refractivity contribution in [3.8, 4) is 0 Å². The molecule has 2 aliphatic rings. The average Bonchev–Trinajstić information content (AvgIpc) is 3.21. The van der Waals surface area contributed by atoms with Gasteiger partial charge >= 0.3 is 0 Å². The van der Waals surface area contributed by atoms with Crippen LogP contribution in [-0.4, -0.2) is 53.9 Å². The molecule has 0 aliphatic heterocycles. The van der Waals surface area contributed by atoms with Crippen LogP contribution in [0.15, 0.2) is 122 Å². The number of rotatable bonds is 16. The van der Waals surface area contributed by atoms with Crippen molar-refractivity contribution in [3.63, 3.8) is 0 Å². The Hall–Kier alpha value is -4.34. The minimum Gasteiger partial charge on any atom is -0.308 e. The Bertz CT molecular complexity index is 1510. The molecule has 1 aromatic carbocycles. The van der Waals surface area contributed by atoms with Crippen molar-refractivity contribution in [1.29, 1.82) is 0 Å². The van der Waals surface area contributed by atoms with Crippen LogP contribution < -0.4 is 10.6 Å². The van der Waals surface area contributed by atoms with E-state index in [0.29, 0.717) is 24.2 Å². The van der Waals surface area contributed by atoms with E-state index in [4.69, 9.17) is 0 Å². The second kappa shape index (κ2) is 18.9. The normalized spacial score (nSPS) is 20.7. The van der Waals surface area contributed by atoms with Crippen molar-refractivity contribution in [1.82, 2.24) is 40.4 Å². The summed E-state index contributed by atoms with van der Waals surface area (Å²) >= 11 is 0. The SMILES string of the molecule is c1ccc(CN(Cc2ccccn2)C2CCCCC2NCc2ccc(CNC3CCCCC3N(Cc3ccccn3)Cc3ccccn3)cc2)nc1. The van der Waals surface area contributed by atoms with Gasteiger partial charge in [-0.3, -0.25) is 29.7 Å². The largest absolute Gasteiger partial charge is 0.308 e. The van der Waals surface area contributed by atoms with E-state index in [1.165, 1.54) is 62.5 Å². The van der Waals surface area contributed by atoms with Gasteiger partial charge in [-0.15, -0.1) is 0 Å². The van der Waals surface area contributed by atoms with Crippen LogP contribution in [0.4, 0.5) is 0 Å². The standard InChI is InChI=1S/C44H54N8/c1-3-19-43(51(31-37-13-5-9-25-45-37)32-38-14-6-10-26-46-38)41(17-1)49-29-35-21-23-36(24-22-35)30-50-42-18-2-4-20-44(42)52(33-39-15-7-11-27-47-39)34-40-16-8-12-28-48-40/h5-16,21-28,41-44,49-50H,1-4,17-20,29-34H2. The Balaban J connectivity index is 0.967. The lowest BCUT2D eigenvalue weighted by molar-refractivity contribution is 0.103. The fraction of sp³-hybridized carbons (Fsp3) is 0.409. The van der Waals surface area contributed by atoms with Gasteiger partial charge in [0.2, 0.25) is 0 Å². The minimum atomic E-state index is 0.422. The van der Waals surface area contributed by atoms with E-state index in [-0.39, 0.29) is 0 Å². The zero-order chi connectivity index (χ0) is 35.2. The van der Waals surface area contributed by atoms with Crippen molar-refractivity contribution in [3.05, 3.63) is 156 Å². The first-order valence-corrected chi connectivity index (χ1v) is 19.4. The summed E-state index contributed by atoms with van der Waals surface area (Å²) in [6, 6.07) is 35.9. The Morgan fingerprint density at radius 2 is 0.750 bits per heavy atom. The van der Waals surface area contributed by atoms with Gasteiger partial charge in [0.05, 0.1) is 22.8 Å². The second-order valence-corrected chi connectivity index (χ2v) is 14.6. The highest BCUT2D eigenvalue weighted by atomic mass is 15.2. The summed E-state index contributed by atoms with van der Waals surface area (Å²) in [5.74, 6) is 0. The van der Waals surface area contributed by atoms with E-state index in [1.807, 2.05) is 49.1 Å². The molecule has 5 aromatic rings. The molecule has 0 amide bonds. The predicted octanol–water partition coefficient (Wildman–Crippen LogP) is 7.47. The van der Waals surface area contributed by atoms with Crippen molar-refractivity contribution >= 4 is 0 Å². The van der Waals surface area contributed by atoms with E-state index < -0.39 is 0 Å². The maximum absolute atomic E-state index is 4.68. The maximum atomic E-state index is 4.68. The van der Waals surface area contributed by atoms with Crippen LogP contribution >= 0.6 is 0 Å². The lowest BCUT2D eigenvalue weighted by Gasteiger charge is -2.40. The topological polar surface area (TPSA) is 82.1 Å². The number of nitrogens with one attached hydrogen (secondary N) is 2. The van der Waals surface area contributed by atoms with Gasteiger partial charge in [0.15, 0.2) is 0 Å². The Morgan fingerprint density at radius 1 is 0.423 bits per heavy atom. The molecule has 2 aliphatic carbocycles. The van der Waals surface area contributed by atoms with Crippen molar-refractivity contribution in [2.75, 3.05) is 0 Å². The highest BCUT2D eigenvalue weighted by Crippen LogP contribution is 2.28. The zero-order valence-corrected chi connectivity index (χ0v) is 30.4. The second-order valence-electron chi connectivity index (χ2n) is 14.6. The highest BCUT2D eigenvalue weighted by Gasteiger charge is 2.32. The van der Waals surface area contributed by atoms with Gasteiger partial charge in [-0.25, -0.2) is 0 Å². The van der Waals surface area contributed by atoms with E-state index in [9.17, 15) is 0 Å². The summed E-state index contributed by atoms with van der Waals surface area (Å²) in [4.78, 5) is 23.9. The number of nitrogens with zero attached hydrogens (tertiary/aromatic N) is 6. The molecule has 0 bridgehead atoms. The Kier molecular flexibility index (Phi) is 13.1. The smallest absolute Gasteiger partial charge is 0.0544 e. The molecule has 8 nitrogen and oxygen atoms in total. The molecule has 0 spiro atoms. The molecule has 4 unspecified atom stereocenters. The molecule has 4 heterocycles. The number of aromatic nitrogens is 4. The molecule has 4 aromatic heterocycles. The molecule has 4 atom stereocenters. The summed E-state index contributed by atoms with van der Waals surface area (Å²) in [5, 5.41) is 7.97. The van der Waals surface area contributed by atoms with E-state index in [1.54, 1.807) is 0 Å². The third-order valence-electron chi connectivity index (χ3n) is 10.9. The molecular formula is C44H54N8. The molecule has 2 saturated carbocycles. The predicted molar refractivity (Wildman–Crippen MR) is 208 cm³/mol. The van der Waals surface area contributed by atoms with Crippen LogP contribution in [0.1, 0.15) is 85.3 Å². The molecule has 52 heavy (non-hydrogen) atoms. The molecule has 2 fully saturated rings. The van der Waals surface area contributed by atoms with Crippen LogP contribution in [-0.2, 0) is 39.3 Å². The number of hydrogen-bond acceptors (Lipinski definition) is 8. The lowest BCUT2D eigenvalue weighted by Crippen LogP contribution is -2.51. The van der Waals surface area contributed by atoms with E-state index in [0.717, 1.165) is 62.0 Å². The Labute approximate surface area is 310 Å². The summed E-state index contributed by atoms with van der Waals surface area (Å²) < 4.78 is 0. The van der Waals surface area contributed by atoms with Gasteiger partial charge in [0, 0.05) is 88.2 Å².